The summed E-state index contributed by atoms with van der Waals surface area (Å²) in [5, 5.41) is 7.58. The van der Waals surface area contributed by atoms with Gasteiger partial charge in [-0.3, -0.25) is 0 Å². The number of thiazole rings is 1. The van der Waals surface area contributed by atoms with E-state index in [1.54, 1.807) is 6.20 Å². The van der Waals surface area contributed by atoms with Crippen molar-refractivity contribution in [2.45, 2.75) is 25.1 Å². The Morgan fingerprint density at radius 2 is 2.00 bits per heavy atom. The smallest absolute Gasteiger partial charge is 0.375 e. The zero-order chi connectivity index (χ0) is 24.9. The van der Waals surface area contributed by atoms with Crippen molar-refractivity contribution in [3.05, 3.63) is 54.4 Å². The van der Waals surface area contributed by atoms with Gasteiger partial charge in [0.2, 0.25) is 5.95 Å². The molecule has 7 nitrogen and oxygen atoms in total. The van der Waals surface area contributed by atoms with E-state index in [2.05, 4.69) is 30.6 Å². The number of anilines is 2. The number of nitrogens with one attached hydrogen (secondary N) is 3. The fourth-order valence-corrected chi connectivity index (χ4v) is 5.47. The highest BCUT2D eigenvalue weighted by molar-refractivity contribution is 7.22. The molecule has 0 amide bonds. The van der Waals surface area contributed by atoms with Gasteiger partial charge < -0.3 is 21.4 Å². The number of H-pyrrole nitrogens is 1. The third kappa shape index (κ3) is 4.14. The van der Waals surface area contributed by atoms with Crippen molar-refractivity contribution in [3.63, 3.8) is 0 Å². The van der Waals surface area contributed by atoms with Gasteiger partial charge in [-0.25, -0.2) is 15.0 Å². The SMILES string of the molecule is Nc1nc2c(-c3ccc4c(-c5nc(N[C@H]6CCCNC6)ncc5C(F)(F)F)c[nH]c4c3)cccc2s1. The van der Waals surface area contributed by atoms with Gasteiger partial charge in [-0.1, -0.05) is 35.6 Å². The highest BCUT2D eigenvalue weighted by Crippen LogP contribution is 2.40. The molecule has 1 atom stereocenters. The fourth-order valence-electron chi connectivity index (χ4n) is 4.71. The van der Waals surface area contributed by atoms with Gasteiger partial charge in [0.05, 0.1) is 15.9 Å². The first-order valence-corrected chi connectivity index (χ1v) is 12.4. The molecule has 1 saturated heterocycles. The van der Waals surface area contributed by atoms with E-state index in [4.69, 9.17) is 5.73 Å². The summed E-state index contributed by atoms with van der Waals surface area (Å²) in [6, 6.07) is 11.5. The van der Waals surface area contributed by atoms with E-state index in [-0.39, 0.29) is 17.7 Å². The normalized spacial score (nSPS) is 16.6. The molecule has 5 N–H and O–H groups in total. The Labute approximate surface area is 208 Å². The summed E-state index contributed by atoms with van der Waals surface area (Å²) < 4.78 is 42.8. The average Bonchev–Trinajstić information content (AvgIpc) is 3.46. The summed E-state index contributed by atoms with van der Waals surface area (Å²) >= 11 is 1.41. The molecular formula is C25H22F3N7S. The van der Waals surface area contributed by atoms with Gasteiger partial charge in [0.15, 0.2) is 5.13 Å². The Balaban J connectivity index is 1.43. The largest absolute Gasteiger partial charge is 0.419 e. The highest BCUT2D eigenvalue weighted by Gasteiger charge is 2.36. The summed E-state index contributed by atoms with van der Waals surface area (Å²) in [7, 11) is 0. The number of halogens is 3. The zero-order valence-electron chi connectivity index (χ0n) is 19.0. The van der Waals surface area contributed by atoms with E-state index in [1.165, 1.54) is 11.3 Å². The van der Waals surface area contributed by atoms with Crippen LogP contribution in [-0.4, -0.2) is 39.1 Å². The minimum atomic E-state index is -4.59. The molecule has 0 radical (unpaired) electrons. The second kappa shape index (κ2) is 8.75. The van der Waals surface area contributed by atoms with Crippen LogP contribution in [0.3, 0.4) is 0 Å². The van der Waals surface area contributed by atoms with Gasteiger partial charge in [0, 0.05) is 47.0 Å². The number of piperidine rings is 1. The number of hydrogen-bond donors (Lipinski definition) is 4. The topological polar surface area (TPSA) is 105 Å². The third-order valence-corrected chi connectivity index (χ3v) is 7.26. The number of aromatic nitrogens is 4. The number of benzene rings is 2. The Hall–Kier alpha value is -3.70. The lowest BCUT2D eigenvalue weighted by Gasteiger charge is -2.24. The van der Waals surface area contributed by atoms with E-state index in [9.17, 15) is 13.2 Å². The second-order valence-electron chi connectivity index (χ2n) is 8.81. The number of hydrogen-bond acceptors (Lipinski definition) is 7. The molecule has 3 aromatic heterocycles. The van der Waals surface area contributed by atoms with E-state index in [0.29, 0.717) is 28.1 Å². The van der Waals surface area contributed by atoms with Crippen LogP contribution in [0.25, 0.3) is 43.5 Å². The van der Waals surface area contributed by atoms with Gasteiger partial charge in [-0.05, 0) is 37.1 Å². The lowest BCUT2D eigenvalue weighted by Crippen LogP contribution is -2.38. The van der Waals surface area contributed by atoms with Crippen LogP contribution in [0, 0.1) is 0 Å². The molecule has 5 aromatic rings. The molecule has 0 unspecified atom stereocenters. The molecule has 4 heterocycles. The van der Waals surface area contributed by atoms with Gasteiger partial charge in [-0.2, -0.15) is 13.2 Å². The first-order chi connectivity index (χ1) is 17.4. The number of aromatic amines is 1. The fraction of sp³-hybridized carbons (Fsp3) is 0.240. The van der Waals surface area contributed by atoms with Gasteiger partial charge in [0.1, 0.15) is 5.56 Å². The number of nitrogen functional groups attached to an aromatic ring is 1. The lowest BCUT2D eigenvalue weighted by molar-refractivity contribution is -0.137. The van der Waals surface area contributed by atoms with Crippen LogP contribution in [-0.2, 0) is 6.18 Å². The molecule has 0 bridgehead atoms. The minimum Gasteiger partial charge on any atom is -0.375 e. The summed E-state index contributed by atoms with van der Waals surface area (Å²) in [6.45, 7) is 1.64. The van der Waals surface area contributed by atoms with Gasteiger partial charge in [-0.15, -0.1) is 0 Å². The highest BCUT2D eigenvalue weighted by atomic mass is 32.1. The van der Waals surface area contributed by atoms with Crippen LogP contribution in [0.1, 0.15) is 18.4 Å². The Bertz CT molecular complexity index is 1570. The summed E-state index contributed by atoms with van der Waals surface area (Å²) in [4.78, 5) is 15.9. The van der Waals surface area contributed by atoms with Crippen molar-refractivity contribution in [1.29, 1.82) is 0 Å². The van der Waals surface area contributed by atoms with Crippen LogP contribution >= 0.6 is 11.3 Å². The van der Waals surface area contributed by atoms with Crippen LogP contribution in [0.5, 0.6) is 0 Å². The Morgan fingerprint density at radius 1 is 1.11 bits per heavy atom. The molecule has 1 fully saturated rings. The number of nitrogens with two attached hydrogens (primary N) is 1. The second-order valence-corrected chi connectivity index (χ2v) is 9.87. The van der Waals surface area contributed by atoms with Crippen molar-refractivity contribution in [3.8, 4) is 22.4 Å². The first kappa shape index (κ1) is 22.7. The molecule has 184 valence electrons. The van der Waals surface area contributed by atoms with Gasteiger partial charge >= 0.3 is 6.18 Å². The minimum absolute atomic E-state index is 0.0660. The lowest BCUT2D eigenvalue weighted by atomic mass is 10.0. The standard InChI is InChI=1S/C25H22F3N7S/c26-25(27,28)18-12-32-24(33-14-3-2-8-30-10-14)35-21(18)17-11-31-19-9-13(6-7-16(17)19)15-4-1-5-20-22(15)34-23(29)36-20/h1,4-7,9,11-12,14,30-31H,2-3,8,10H2,(H2,29,34)(H,32,33,35)/t14-/m0/s1. The third-order valence-electron chi connectivity index (χ3n) is 6.41. The molecule has 0 saturated carbocycles. The van der Waals surface area contributed by atoms with Crippen molar-refractivity contribution >= 4 is 43.5 Å². The van der Waals surface area contributed by atoms with Crippen LogP contribution in [0.4, 0.5) is 24.3 Å². The van der Waals surface area contributed by atoms with Crippen molar-refractivity contribution in [2.24, 2.45) is 0 Å². The van der Waals surface area contributed by atoms with Crippen molar-refractivity contribution < 1.29 is 13.2 Å². The van der Waals surface area contributed by atoms with Crippen LogP contribution in [0.2, 0.25) is 0 Å². The molecule has 1 aliphatic heterocycles. The van der Waals surface area contributed by atoms with Crippen LogP contribution < -0.4 is 16.4 Å². The number of alkyl halides is 3. The van der Waals surface area contributed by atoms with E-state index < -0.39 is 11.7 Å². The molecule has 0 aliphatic carbocycles. The Morgan fingerprint density at radius 3 is 2.81 bits per heavy atom. The maximum Gasteiger partial charge on any atom is 0.419 e. The summed E-state index contributed by atoms with van der Waals surface area (Å²) in [5.41, 5.74) is 8.53. The van der Waals surface area contributed by atoms with Crippen LogP contribution in [0.15, 0.2) is 48.8 Å². The van der Waals surface area contributed by atoms with Crippen molar-refractivity contribution in [2.75, 3.05) is 24.1 Å². The molecule has 2 aromatic carbocycles. The Kier molecular flexibility index (Phi) is 5.53. The predicted octanol–water partition coefficient (Wildman–Crippen LogP) is 5.67. The van der Waals surface area contributed by atoms with E-state index >= 15 is 0 Å². The molecule has 6 rings (SSSR count). The maximum absolute atomic E-state index is 13.9. The van der Waals surface area contributed by atoms with E-state index in [1.807, 2.05) is 36.4 Å². The number of rotatable bonds is 4. The maximum atomic E-state index is 13.9. The van der Waals surface area contributed by atoms with E-state index in [0.717, 1.165) is 46.9 Å². The predicted molar refractivity (Wildman–Crippen MR) is 137 cm³/mol. The number of nitrogens with zero attached hydrogens (tertiary/aromatic N) is 3. The molecule has 1 aliphatic rings. The monoisotopic (exact) mass is 509 g/mol. The average molecular weight is 510 g/mol. The molecule has 0 spiro atoms. The number of para-hydroxylation sites is 1. The summed E-state index contributed by atoms with van der Waals surface area (Å²) in [5.74, 6) is 0.186. The van der Waals surface area contributed by atoms with Gasteiger partial charge in [0.25, 0.3) is 0 Å². The first-order valence-electron chi connectivity index (χ1n) is 11.6. The number of fused-ring (bicyclic) bond motifs is 2. The van der Waals surface area contributed by atoms with Crippen molar-refractivity contribution in [1.82, 2.24) is 25.3 Å². The zero-order valence-corrected chi connectivity index (χ0v) is 19.8. The quantitative estimate of drug-likeness (QED) is 0.249. The molecular weight excluding hydrogens is 487 g/mol. The molecule has 36 heavy (non-hydrogen) atoms. The summed E-state index contributed by atoms with van der Waals surface area (Å²) in [6.07, 6.45) is -0.276. The molecule has 11 heteroatoms.